The van der Waals surface area contributed by atoms with Crippen molar-refractivity contribution < 1.29 is 9.52 Å². The lowest BCUT2D eigenvalue weighted by molar-refractivity contribution is 0.148. The van der Waals surface area contributed by atoms with Crippen molar-refractivity contribution in [3.63, 3.8) is 0 Å². The van der Waals surface area contributed by atoms with Crippen LogP contribution in [0.3, 0.4) is 0 Å². The molecular formula is C13H15ClN2O3. The van der Waals surface area contributed by atoms with Crippen molar-refractivity contribution in [2.24, 2.45) is 0 Å². The molecule has 0 aliphatic carbocycles. The van der Waals surface area contributed by atoms with Gasteiger partial charge < -0.3 is 9.52 Å². The Hall–Kier alpha value is -1.59. The van der Waals surface area contributed by atoms with Crippen molar-refractivity contribution in [1.29, 1.82) is 0 Å². The lowest BCUT2D eigenvalue weighted by Crippen LogP contribution is -2.20. The summed E-state index contributed by atoms with van der Waals surface area (Å²) in [5.41, 5.74) is 0.638. The Morgan fingerprint density at radius 3 is 3.00 bits per heavy atom. The van der Waals surface area contributed by atoms with E-state index in [0.29, 0.717) is 22.9 Å². The van der Waals surface area contributed by atoms with E-state index in [2.05, 4.69) is 5.10 Å². The summed E-state index contributed by atoms with van der Waals surface area (Å²) in [4.78, 5) is 11.5. The van der Waals surface area contributed by atoms with Crippen LogP contribution < -0.4 is 5.76 Å². The quantitative estimate of drug-likeness (QED) is 0.912. The van der Waals surface area contributed by atoms with E-state index in [9.17, 15) is 9.90 Å². The molecule has 0 bridgehead atoms. The van der Waals surface area contributed by atoms with Gasteiger partial charge in [-0.1, -0.05) is 30.7 Å². The standard InChI is InChI=1S/C13H15ClN2O3/c1-2-4-12-15-16(13(18)19-12)8-11(17)9-5-3-6-10(14)7-9/h3,5-7,11,17H,2,4,8H2,1H3/t11-/m0/s1. The number of hydrogen-bond donors (Lipinski definition) is 1. The average molecular weight is 283 g/mol. The van der Waals surface area contributed by atoms with Crippen LogP contribution in [0.25, 0.3) is 0 Å². The Labute approximate surface area is 115 Å². The van der Waals surface area contributed by atoms with Crippen LogP contribution in [-0.4, -0.2) is 14.9 Å². The van der Waals surface area contributed by atoms with Crippen LogP contribution in [0.15, 0.2) is 33.5 Å². The minimum atomic E-state index is -0.851. The molecule has 6 heteroatoms. The Kier molecular flexibility index (Phi) is 4.39. The van der Waals surface area contributed by atoms with Crippen molar-refractivity contribution in [1.82, 2.24) is 9.78 Å². The highest BCUT2D eigenvalue weighted by Gasteiger charge is 2.14. The summed E-state index contributed by atoms with van der Waals surface area (Å²) in [6.45, 7) is 2.02. The third-order valence-corrected chi connectivity index (χ3v) is 2.93. The SMILES string of the molecule is CCCc1nn(C[C@H](O)c2cccc(Cl)c2)c(=O)o1. The molecule has 0 amide bonds. The summed E-state index contributed by atoms with van der Waals surface area (Å²) in [6, 6.07) is 6.87. The molecule has 1 aromatic carbocycles. The van der Waals surface area contributed by atoms with E-state index in [1.807, 2.05) is 6.92 Å². The van der Waals surface area contributed by atoms with E-state index < -0.39 is 11.9 Å². The fourth-order valence-corrected chi connectivity index (χ4v) is 1.96. The lowest BCUT2D eigenvalue weighted by atomic mass is 10.1. The van der Waals surface area contributed by atoms with Crippen molar-refractivity contribution in [2.45, 2.75) is 32.4 Å². The van der Waals surface area contributed by atoms with E-state index in [0.717, 1.165) is 11.1 Å². The number of aliphatic hydroxyl groups is 1. The minimum absolute atomic E-state index is 0.0480. The number of hydrogen-bond acceptors (Lipinski definition) is 4. The largest absolute Gasteiger partial charge is 0.437 e. The Balaban J connectivity index is 2.14. The Bertz CT molecular complexity index is 606. The smallest absolute Gasteiger partial charge is 0.392 e. The van der Waals surface area contributed by atoms with Crippen molar-refractivity contribution >= 4 is 11.6 Å². The van der Waals surface area contributed by atoms with E-state index in [4.69, 9.17) is 16.0 Å². The molecule has 1 N–H and O–H groups in total. The molecule has 0 spiro atoms. The lowest BCUT2D eigenvalue weighted by Gasteiger charge is -2.09. The summed E-state index contributed by atoms with van der Waals surface area (Å²) < 4.78 is 6.11. The van der Waals surface area contributed by atoms with Gasteiger partial charge in [0, 0.05) is 11.4 Å². The molecule has 19 heavy (non-hydrogen) atoms. The zero-order valence-electron chi connectivity index (χ0n) is 10.5. The summed E-state index contributed by atoms with van der Waals surface area (Å²) in [5, 5.41) is 14.6. The van der Waals surface area contributed by atoms with Gasteiger partial charge in [0.15, 0.2) is 0 Å². The van der Waals surface area contributed by atoms with Crippen LogP contribution in [-0.2, 0) is 13.0 Å². The van der Waals surface area contributed by atoms with Gasteiger partial charge in [0.1, 0.15) is 0 Å². The number of nitrogens with zero attached hydrogens (tertiary/aromatic N) is 2. The first kappa shape index (κ1) is 13.8. The zero-order chi connectivity index (χ0) is 13.8. The molecule has 0 aliphatic rings. The van der Waals surface area contributed by atoms with Crippen LogP contribution in [0.5, 0.6) is 0 Å². The molecule has 1 aromatic heterocycles. The van der Waals surface area contributed by atoms with Crippen LogP contribution in [0.1, 0.15) is 30.9 Å². The van der Waals surface area contributed by atoms with E-state index in [-0.39, 0.29) is 6.54 Å². The van der Waals surface area contributed by atoms with Gasteiger partial charge in [-0.25, -0.2) is 4.79 Å². The summed E-state index contributed by atoms with van der Waals surface area (Å²) in [6.07, 6.45) is 0.600. The molecule has 1 atom stereocenters. The second-order valence-corrected chi connectivity index (χ2v) is 4.70. The topological polar surface area (TPSA) is 68.3 Å². The Morgan fingerprint density at radius 2 is 2.32 bits per heavy atom. The fourth-order valence-electron chi connectivity index (χ4n) is 1.76. The van der Waals surface area contributed by atoms with Crippen LogP contribution in [0.4, 0.5) is 0 Å². The molecule has 0 radical (unpaired) electrons. The summed E-state index contributed by atoms with van der Waals surface area (Å²) >= 11 is 5.85. The van der Waals surface area contributed by atoms with Gasteiger partial charge in [-0.2, -0.15) is 4.68 Å². The highest BCUT2D eigenvalue weighted by molar-refractivity contribution is 6.30. The zero-order valence-corrected chi connectivity index (χ0v) is 11.3. The average Bonchev–Trinajstić information content (AvgIpc) is 2.70. The third-order valence-electron chi connectivity index (χ3n) is 2.69. The minimum Gasteiger partial charge on any atom is -0.392 e. The molecule has 0 aliphatic heterocycles. The van der Waals surface area contributed by atoms with Gasteiger partial charge in [-0.3, -0.25) is 0 Å². The first-order valence-electron chi connectivity index (χ1n) is 6.10. The first-order valence-corrected chi connectivity index (χ1v) is 6.48. The molecule has 2 aromatic rings. The van der Waals surface area contributed by atoms with Gasteiger partial charge in [0.2, 0.25) is 5.89 Å². The molecule has 0 saturated heterocycles. The molecule has 1 heterocycles. The van der Waals surface area contributed by atoms with E-state index >= 15 is 0 Å². The molecule has 0 saturated carbocycles. The van der Waals surface area contributed by atoms with Gasteiger partial charge in [0.25, 0.3) is 0 Å². The molecule has 102 valence electrons. The summed E-state index contributed by atoms with van der Waals surface area (Å²) in [5.74, 6) is -0.157. The van der Waals surface area contributed by atoms with Crippen molar-refractivity contribution in [3.8, 4) is 0 Å². The number of aliphatic hydroxyl groups excluding tert-OH is 1. The van der Waals surface area contributed by atoms with E-state index in [1.54, 1.807) is 24.3 Å². The second kappa shape index (κ2) is 6.04. The van der Waals surface area contributed by atoms with Gasteiger partial charge in [-0.15, -0.1) is 5.10 Å². The van der Waals surface area contributed by atoms with Crippen LogP contribution in [0, 0.1) is 0 Å². The highest BCUT2D eigenvalue weighted by atomic mass is 35.5. The third kappa shape index (κ3) is 3.45. The number of halogens is 1. The molecule has 0 fully saturated rings. The Morgan fingerprint density at radius 1 is 1.53 bits per heavy atom. The van der Waals surface area contributed by atoms with Gasteiger partial charge in [-0.05, 0) is 24.1 Å². The maximum Gasteiger partial charge on any atom is 0.437 e. The van der Waals surface area contributed by atoms with Gasteiger partial charge in [0.05, 0.1) is 12.6 Å². The van der Waals surface area contributed by atoms with Crippen LogP contribution in [0.2, 0.25) is 5.02 Å². The molecule has 5 nitrogen and oxygen atoms in total. The van der Waals surface area contributed by atoms with Crippen molar-refractivity contribution in [2.75, 3.05) is 0 Å². The maximum absolute atomic E-state index is 11.5. The predicted molar refractivity (Wildman–Crippen MR) is 71.2 cm³/mol. The number of aromatic nitrogens is 2. The fraction of sp³-hybridized carbons (Fsp3) is 0.385. The monoisotopic (exact) mass is 282 g/mol. The van der Waals surface area contributed by atoms with Crippen molar-refractivity contribution in [3.05, 3.63) is 51.3 Å². The first-order chi connectivity index (χ1) is 9.10. The normalized spacial score (nSPS) is 12.6. The highest BCUT2D eigenvalue weighted by Crippen LogP contribution is 2.18. The molecule has 2 rings (SSSR count). The number of aryl methyl sites for hydroxylation is 1. The second-order valence-electron chi connectivity index (χ2n) is 4.26. The molecule has 0 unspecified atom stereocenters. The number of rotatable bonds is 5. The maximum atomic E-state index is 11.5. The predicted octanol–water partition coefficient (Wildman–Crippen LogP) is 2.18. The summed E-state index contributed by atoms with van der Waals surface area (Å²) in [7, 11) is 0. The van der Waals surface area contributed by atoms with E-state index in [1.165, 1.54) is 0 Å². The van der Waals surface area contributed by atoms with Crippen LogP contribution >= 0.6 is 11.6 Å². The van der Waals surface area contributed by atoms with Gasteiger partial charge >= 0.3 is 5.76 Å². The molecular weight excluding hydrogens is 268 g/mol. The number of benzene rings is 1.